The molecule has 1 aliphatic rings. The van der Waals surface area contributed by atoms with E-state index in [1.54, 1.807) is 0 Å². The fourth-order valence-corrected chi connectivity index (χ4v) is 2.43. The number of halogens is 3. The molecule has 2 rings (SSSR count). The fourth-order valence-electron chi connectivity index (χ4n) is 2.43. The van der Waals surface area contributed by atoms with Crippen molar-refractivity contribution in [3.63, 3.8) is 0 Å². The second-order valence-electron chi connectivity index (χ2n) is 5.70. The molecule has 1 fully saturated rings. The topological polar surface area (TPSA) is 87.7 Å². The van der Waals surface area contributed by atoms with Gasteiger partial charge in [-0.15, -0.1) is 13.2 Å². The summed E-state index contributed by atoms with van der Waals surface area (Å²) in [6.45, 7) is 0.318. The zero-order valence-corrected chi connectivity index (χ0v) is 13.8. The van der Waals surface area contributed by atoms with Gasteiger partial charge in [-0.1, -0.05) is 6.42 Å². The smallest absolute Gasteiger partial charge is 0.406 e. The van der Waals surface area contributed by atoms with Crippen LogP contribution in [0.3, 0.4) is 0 Å². The molecule has 1 heterocycles. The van der Waals surface area contributed by atoms with E-state index >= 15 is 0 Å². The Morgan fingerprint density at radius 3 is 2.42 bits per heavy atom. The minimum atomic E-state index is -4.82. The maximum atomic E-state index is 12.1. The van der Waals surface area contributed by atoms with Crippen LogP contribution in [0.5, 0.6) is 5.75 Å². The molecular weight excluding hydrogens is 355 g/mol. The van der Waals surface area contributed by atoms with E-state index in [2.05, 4.69) is 15.6 Å². The highest BCUT2D eigenvalue weighted by molar-refractivity contribution is 5.95. The van der Waals surface area contributed by atoms with Crippen LogP contribution in [0, 0.1) is 0 Å². The van der Waals surface area contributed by atoms with Crippen molar-refractivity contribution in [3.05, 3.63) is 29.8 Å². The van der Waals surface area contributed by atoms with Gasteiger partial charge < -0.3 is 9.64 Å². The summed E-state index contributed by atoms with van der Waals surface area (Å²) in [6.07, 6.45) is -1.89. The predicted molar refractivity (Wildman–Crippen MR) is 83.8 cm³/mol. The van der Waals surface area contributed by atoms with Gasteiger partial charge in [-0.25, -0.2) is 0 Å². The van der Waals surface area contributed by atoms with Crippen LogP contribution < -0.4 is 15.6 Å². The number of carbonyl (C=O) groups excluding carboxylic acids is 3. The van der Waals surface area contributed by atoms with Crippen molar-refractivity contribution in [3.8, 4) is 5.75 Å². The first-order valence-corrected chi connectivity index (χ1v) is 7.97. The number of hydrogen-bond donors (Lipinski definition) is 2. The highest BCUT2D eigenvalue weighted by Gasteiger charge is 2.31. The number of benzene rings is 1. The lowest BCUT2D eigenvalue weighted by Crippen LogP contribution is -2.47. The Labute approximate surface area is 147 Å². The number of alkyl halides is 3. The molecule has 0 radical (unpaired) electrons. The largest absolute Gasteiger partial charge is 0.573 e. The van der Waals surface area contributed by atoms with Crippen LogP contribution in [0.1, 0.15) is 36.0 Å². The Hall–Kier alpha value is -2.78. The first kappa shape index (κ1) is 19.5. The number of carbonyl (C=O) groups is 3. The molecule has 0 bridgehead atoms. The van der Waals surface area contributed by atoms with E-state index in [0.717, 1.165) is 43.5 Å². The zero-order chi connectivity index (χ0) is 19.2. The lowest BCUT2D eigenvalue weighted by Gasteiger charge is -2.19. The molecule has 0 saturated carbocycles. The van der Waals surface area contributed by atoms with Crippen molar-refractivity contribution < 1.29 is 32.3 Å². The van der Waals surface area contributed by atoms with E-state index in [1.807, 2.05) is 0 Å². The molecule has 2 N–H and O–H groups in total. The van der Waals surface area contributed by atoms with Crippen LogP contribution in [-0.2, 0) is 9.59 Å². The minimum absolute atomic E-state index is 0.0330. The van der Waals surface area contributed by atoms with Crippen molar-refractivity contribution in [1.29, 1.82) is 0 Å². The molecular formula is C16H18F3N3O4. The summed E-state index contributed by atoms with van der Waals surface area (Å²) in [4.78, 5) is 37.0. The van der Waals surface area contributed by atoms with Crippen molar-refractivity contribution in [2.24, 2.45) is 0 Å². The summed E-state index contributed by atoms with van der Waals surface area (Å²) >= 11 is 0. The van der Waals surface area contributed by atoms with Crippen molar-refractivity contribution in [1.82, 2.24) is 15.8 Å². The molecule has 142 valence electrons. The third kappa shape index (κ3) is 6.26. The Balaban J connectivity index is 1.82. The number of nitrogens with zero attached hydrogens (tertiary/aromatic N) is 1. The standard InChI is InChI=1S/C16H18F3N3O4/c17-16(18,19)26-12-7-5-11(6-8-12)15(25)21-20-13(23)10-22-9-3-1-2-4-14(22)24/h5-8H,1-4,9-10H2,(H,20,23)(H,21,25). The maximum Gasteiger partial charge on any atom is 0.573 e. The minimum Gasteiger partial charge on any atom is -0.406 e. The van der Waals surface area contributed by atoms with Gasteiger partial charge in [0.1, 0.15) is 12.3 Å². The average molecular weight is 373 g/mol. The number of hydrogen-bond acceptors (Lipinski definition) is 4. The van der Waals surface area contributed by atoms with Crippen molar-refractivity contribution in [2.75, 3.05) is 13.1 Å². The molecule has 0 aliphatic carbocycles. The molecule has 0 aromatic heterocycles. The number of likely N-dealkylation sites (tertiary alicyclic amines) is 1. The Morgan fingerprint density at radius 2 is 1.77 bits per heavy atom. The van der Waals surface area contributed by atoms with E-state index in [4.69, 9.17) is 0 Å². The first-order chi connectivity index (χ1) is 12.2. The maximum absolute atomic E-state index is 12.1. The third-order valence-corrected chi connectivity index (χ3v) is 3.67. The first-order valence-electron chi connectivity index (χ1n) is 7.97. The second kappa shape index (κ2) is 8.54. The lowest BCUT2D eigenvalue weighted by atomic mass is 10.2. The summed E-state index contributed by atoms with van der Waals surface area (Å²) in [5, 5.41) is 0. The Bertz CT molecular complexity index is 662. The SMILES string of the molecule is O=C(CN1CCCCCC1=O)NNC(=O)c1ccc(OC(F)(F)F)cc1. The van der Waals surface area contributed by atoms with Crippen LogP contribution in [0.4, 0.5) is 13.2 Å². The van der Waals surface area contributed by atoms with Crippen LogP contribution in [-0.4, -0.2) is 42.1 Å². The molecule has 0 spiro atoms. The van der Waals surface area contributed by atoms with Crippen LogP contribution in [0.15, 0.2) is 24.3 Å². The predicted octanol–water partition coefficient (Wildman–Crippen LogP) is 1.75. The van der Waals surface area contributed by atoms with Gasteiger partial charge in [0.2, 0.25) is 5.91 Å². The highest BCUT2D eigenvalue weighted by Crippen LogP contribution is 2.22. The monoisotopic (exact) mass is 373 g/mol. The van der Waals surface area contributed by atoms with Crippen molar-refractivity contribution in [2.45, 2.75) is 32.0 Å². The molecule has 0 unspecified atom stereocenters. The van der Waals surface area contributed by atoms with E-state index in [9.17, 15) is 27.6 Å². The molecule has 1 saturated heterocycles. The summed E-state index contributed by atoms with van der Waals surface area (Å²) < 4.78 is 39.9. The summed E-state index contributed by atoms with van der Waals surface area (Å²) in [7, 11) is 0. The average Bonchev–Trinajstić information content (AvgIpc) is 2.76. The number of hydrazine groups is 1. The van der Waals surface area contributed by atoms with Gasteiger partial charge >= 0.3 is 6.36 Å². The van der Waals surface area contributed by atoms with Crippen LogP contribution >= 0.6 is 0 Å². The molecule has 3 amide bonds. The van der Waals surface area contributed by atoms with Gasteiger partial charge in [-0.05, 0) is 37.1 Å². The zero-order valence-electron chi connectivity index (χ0n) is 13.8. The van der Waals surface area contributed by atoms with E-state index in [1.165, 1.54) is 4.90 Å². The van der Waals surface area contributed by atoms with E-state index < -0.39 is 23.9 Å². The third-order valence-electron chi connectivity index (χ3n) is 3.67. The van der Waals surface area contributed by atoms with Gasteiger partial charge in [0.15, 0.2) is 0 Å². The molecule has 0 atom stereocenters. The molecule has 1 aliphatic heterocycles. The van der Waals surface area contributed by atoms with E-state index in [-0.39, 0.29) is 18.0 Å². The number of amides is 3. The molecule has 26 heavy (non-hydrogen) atoms. The summed E-state index contributed by atoms with van der Waals surface area (Å²) in [5.74, 6) is -1.84. The fraction of sp³-hybridized carbons (Fsp3) is 0.438. The molecule has 1 aromatic carbocycles. The molecule has 7 nitrogen and oxygen atoms in total. The van der Waals surface area contributed by atoms with Crippen molar-refractivity contribution >= 4 is 17.7 Å². The van der Waals surface area contributed by atoms with Gasteiger partial charge in [0, 0.05) is 18.5 Å². The second-order valence-corrected chi connectivity index (χ2v) is 5.70. The molecule has 1 aromatic rings. The van der Waals surface area contributed by atoms with Gasteiger partial charge in [-0.2, -0.15) is 0 Å². The van der Waals surface area contributed by atoms with Gasteiger partial charge in [0.05, 0.1) is 0 Å². The Morgan fingerprint density at radius 1 is 1.08 bits per heavy atom. The quantitative estimate of drug-likeness (QED) is 0.787. The van der Waals surface area contributed by atoms with Gasteiger partial charge in [0.25, 0.3) is 11.8 Å². The Kier molecular flexibility index (Phi) is 6.42. The number of rotatable bonds is 4. The summed E-state index contributed by atoms with van der Waals surface area (Å²) in [5.41, 5.74) is 4.36. The van der Waals surface area contributed by atoms with Crippen LogP contribution in [0.2, 0.25) is 0 Å². The van der Waals surface area contributed by atoms with E-state index in [0.29, 0.717) is 13.0 Å². The normalized spacial score (nSPS) is 15.2. The number of nitrogens with one attached hydrogen (secondary N) is 2. The van der Waals surface area contributed by atoms with Gasteiger partial charge in [-0.3, -0.25) is 25.2 Å². The van der Waals surface area contributed by atoms with Crippen LogP contribution in [0.25, 0.3) is 0 Å². The molecule has 10 heteroatoms. The lowest BCUT2D eigenvalue weighted by molar-refractivity contribution is -0.274. The summed E-state index contributed by atoms with van der Waals surface area (Å²) in [6, 6.07) is 4.22. The highest BCUT2D eigenvalue weighted by atomic mass is 19.4. The number of ether oxygens (including phenoxy) is 1.